The lowest BCUT2D eigenvalue weighted by molar-refractivity contribution is 0.0950. The lowest BCUT2D eigenvalue weighted by Gasteiger charge is -2.05. The van der Waals surface area contributed by atoms with Gasteiger partial charge in [-0.25, -0.2) is 9.97 Å². The van der Waals surface area contributed by atoms with E-state index in [1.807, 2.05) is 12.3 Å². The first-order valence-electron chi connectivity index (χ1n) is 5.66. The molecule has 0 spiro atoms. The highest BCUT2D eigenvalue weighted by Gasteiger charge is 2.06. The minimum atomic E-state index is -0.138. The molecule has 2 rings (SSSR count). The topological polar surface area (TPSA) is 66.9 Å². The van der Waals surface area contributed by atoms with Crippen LogP contribution < -0.4 is 10.6 Å². The molecule has 18 heavy (non-hydrogen) atoms. The molecule has 0 fully saturated rings. The number of anilines is 1. The van der Waals surface area contributed by atoms with Crippen molar-refractivity contribution < 1.29 is 4.79 Å². The molecule has 2 aromatic heterocycles. The van der Waals surface area contributed by atoms with Crippen molar-refractivity contribution in [1.82, 2.24) is 15.3 Å². The van der Waals surface area contributed by atoms with E-state index < -0.39 is 0 Å². The molecule has 2 aromatic rings. The van der Waals surface area contributed by atoms with Gasteiger partial charge in [0.05, 0.1) is 12.1 Å². The average Bonchev–Trinajstić information content (AvgIpc) is 2.90. The molecule has 2 heterocycles. The SMILES string of the molecule is CCNc1ccc(C(=O)NCc2nccs2)cn1. The summed E-state index contributed by atoms with van der Waals surface area (Å²) < 4.78 is 0. The number of pyridine rings is 1. The van der Waals surface area contributed by atoms with E-state index >= 15 is 0 Å². The molecule has 0 aromatic carbocycles. The van der Waals surface area contributed by atoms with Gasteiger partial charge < -0.3 is 10.6 Å². The molecule has 0 saturated carbocycles. The Labute approximate surface area is 109 Å². The van der Waals surface area contributed by atoms with Gasteiger partial charge in [-0.05, 0) is 19.1 Å². The van der Waals surface area contributed by atoms with Crippen LogP contribution in [-0.2, 0) is 6.54 Å². The van der Waals surface area contributed by atoms with Crippen molar-refractivity contribution in [2.24, 2.45) is 0 Å². The summed E-state index contributed by atoms with van der Waals surface area (Å²) in [6.07, 6.45) is 3.29. The summed E-state index contributed by atoms with van der Waals surface area (Å²) in [6.45, 7) is 3.25. The number of thiazole rings is 1. The molecule has 0 aliphatic carbocycles. The molecule has 0 saturated heterocycles. The molecule has 0 aliphatic rings. The molecule has 1 amide bonds. The van der Waals surface area contributed by atoms with E-state index in [-0.39, 0.29) is 5.91 Å². The molecule has 0 bridgehead atoms. The van der Waals surface area contributed by atoms with Crippen molar-refractivity contribution in [2.45, 2.75) is 13.5 Å². The fourth-order valence-electron chi connectivity index (χ4n) is 1.41. The van der Waals surface area contributed by atoms with Crippen molar-refractivity contribution >= 4 is 23.1 Å². The Morgan fingerprint density at radius 1 is 1.39 bits per heavy atom. The van der Waals surface area contributed by atoms with Gasteiger partial charge in [0.2, 0.25) is 0 Å². The molecular weight excluding hydrogens is 248 g/mol. The summed E-state index contributed by atoms with van der Waals surface area (Å²) in [5.41, 5.74) is 0.549. The van der Waals surface area contributed by atoms with E-state index in [2.05, 4.69) is 20.6 Å². The number of hydrogen-bond acceptors (Lipinski definition) is 5. The molecule has 0 aliphatic heterocycles. The molecule has 5 nitrogen and oxygen atoms in total. The molecular formula is C12H14N4OS. The molecule has 0 unspecified atom stereocenters. The van der Waals surface area contributed by atoms with Gasteiger partial charge in [0.1, 0.15) is 10.8 Å². The van der Waals surface area contributed by atoms with E-state index in [1.165, 1.54) is 11.3 Å². The van der Waals surface area contributed by atoms with Crippen molar-refractivity contribution in [1.29, 1.82) is 0 Å². The zero-order chi connectivity index (χ0) is 12.8. The first-order chi connectivity index (χ1) is 8.79. The van der Waals surface area contributed by atoms with Gasteiger partial charge in [-0.15, -0.1) is 11.3 Å². The van der Waals surface area contributed by atoms with E-state index in [9.17, 15) is 4.79 Å². The van der Waals surface area contributed by atoms with Crippen LogP contribution in [0.25, 0.3) is 0 Å². The normalized spacial score (nSPS) is 10.1. The minimum Gasteiger partial charge on any atom is -0.370 e. The number of amides is 1. The van der Waals surface area contributed by atoms with E-state index in [1.54, 1.807) is 24.5 Å². The maximum absolute atomic E-state index is 11.8. The zero-order valence-electron chi connectivity index (χ0n) is 10.0. The second-order valence-corrected chi connectivity index (χ2v) is 4.55. The third-order valence-electron chi connectivity index (χ3n) is 2.27. The van der Waals surface area contributed by atoms with Crippen LogP contribution in [0.2, 0.25) is 0 Å². The van der Waals surface area contributed by atoms with Crippen LogP contribution in [0.15, 0.2) is 29.9 Å². The Morgan fingerprint density at radius 2 is 2.28 bits per heavy atom. The molecule has 0 radical (unpaired) electrons. The maximum Gasteiger partial charge on any atom is 0.253 e. The standard InChI is InChI=1S/C12H14N4OS/c1-2-13-10-4-3-9(7-15-10)12(17)16-8-11-14-5-6-18-11/h3-7H,2,8H2,1H3,(H,13,15)(H,16,17). The molecule has 94 valence electrons. The number of nitrogens with zero attached hydrogens (tertiary/aromatic N) is 2. The van der Waals surface area contributed by atoms with Gasteiger partial charge in [0.15, 0.2) is 0 Å². The Hall–Kier alpha value is -1.95. The quantitative estimate of drug-likeness (QED) is 0.863. The second kappa shape index (κ2) is 6.11. The number of aromatic nitrogens is 2. The van der Waals surface area contributed by atoms with Gasteiger partial charge in [-0.2, -0.15) is 0 Å². The van der Waals surface area contributed by atoms with Gasteiger partial charge >= 0.3 is 0 Å². The summed E-state index contributed by atoms with van der Waals surface area (Å²) in [7, 11) is 0. The monoisotopic (exact) mass is 262 g/mol. The number of hydrogen-bond donors (Lipinski definition) is 2. The Kier molecular flexibility index (Phi) is 4.25. The average molecular weight is 262 g/mol. The Balaban J connectivity index is 1.92. The van der Waals surface area contributed by atoms with Crippen LogP contribution in [0, 0.1) is 0 Å². The first-order valence-corrected chi connectivity index (χ1v) is 6.54. The lowest BCUT2D eigenvalue weighted by Crippen LogP contribution is -2.22. The molecule has 6 heteroatoms. The summed E-state index contributed by atoms with van der Waals surface area (Å²) in [5.74, 6) is 0.634. The summed E-state index contributed by atoms with van der Waals surface area (Å²) in [5, 5.41) is 8.65. The summed E-state index contributed by atoms with van der Waals surface area (Å²) in [4.78, 5) is 20.1. The Morgan fingerprint density at radius 3 is 2.89 bits per heavy atom. The third kappa shape index (κ3) is 3.27. The van der Waals surface area contributed by atoms with Gasteiger partial charge in [-0.3, -0.25) is 4.79 Å². The smallest absolute Gasteiger partial charge is 0.253 e. The fourth-order valence-corrected chi connectivity index (χ4v) is 1.97. The van der Waals surface area contributed by atoms with Gasteiger partial charge in [-0.1, -0.05) is 0 Å². The molecule has 2 N–H and O–H groups in total. The lowest BCUT2D eigenvalue weighted by atomic mass is 10.2. The van der Waals surface area contributed by atoms with E-state index in [4.69, 9.17) is 0 Å². The summed E-state index contributed by atoms with van der Waals surface area (Å²) >= 11 is 1.52. The van der Waals surface area contributed by atoms with Crippen LogP contribution in [-0.4, -0.2) is 22.4 Å². The molecule has 0 atom stereocenters. The van der Waals surface area contributed by atoms with Crippen LogP contribution in [0.4, 0.5) is 5.82 Å². The number of nitrogens with one attached hydrogen (secondary N) is 2. The van der Waals surface area contributed by atoms with Crippen LogP contribution >= 0.6 is 11.3 Å². The predicted octanol–water partition coefficient (Wildman–Crippen LogP) is 1.90. The van der Waals surface area contributed by atoms with Crippen molar-refractivity contribution in [2.75, 3.05) is 11.9 Å². The highest BCUT2D eigenvalue weighted by molar-refractivity contribution is 7.09. The van der Waals surface area contributed by atoms with Crippen LogP contribution in [0.1, 0.15) is 22.3 Å². The highest BCUT2D eigenvalue weighted by Crippen LogP contribution is 2.06. The van der Waals surface area contributed by atoms with Crippen molar-refractivity contribution in [3.63, 3.8) is 0 Å². The van der Waals surface area contributed by atoms with E-state index in [0.717, 1.165) is 17.4 Å². The number of rotatable bonds is 5. The van der Waals surface area contributed by atoms with Gasteiger partial charge in [0.25, 0.3) is 5.91 Å². The van der Waals surface area contributed by atoms with Crippen LogP contribution in [0.5, 0.6) is 0 Å². The Bertz CT molecular complexity index is 495. The minimum absolute atomic E-state index is 0.138. The second-order valence-electron chi connectivity index (χ2n) is 3.57. The van der Waals surface area contributed by atoms with Crippen molar-refractivity contribution in [3.05, 3.63) is 40.5 Å². The van der Waals surface area contributed by atoms with Crippen molar-refractivity contribution in [3.8, 4) is 0 Å². The number of carbonyl (C=O) groups is 1. The predicted molar refractivity (Wildman–Crippen MR) is 71.7 cm³/mol. The first kappa shape index (κ1) is 12.5. The zero-order valence-corrected chi connectivity index (χ0v) is 10.8. The fraction of sp³-hybridized carbons (Fsp3) is 0.250. The summed E-state index contributed by atoms with van der Waals surface area (Å²) in [6, 6.07) is 3.55. The largest absolute Gasteiger partial charge is 0.370 e. The number of carbonyl (C=O) groups excluding carboxylic acids is 1. The third-order valence-corrected chi connectivity index (χ3v) is 3.05. The van der Waals surface area contributed by atoms with Crippen LogP contribution in [0.3, 0.4) is 0 Å². The highest BCUT2D eigenvalue weighted by atomic mass is 32.1. The van der Waals surface area contributed by atoms with Gasteiger partial charge in [0, 0.05) is 24.3 Å². The van der Waals surface area contributed by atoms with E-state index in [0.29, 0.717) is 12.1 Å². The maximum atomic E-state index is 11.8.